The van der Waals surface area contributed by atoms with Crippen LogP contribution >= 0.6 is 0 Å². The SMILES string of the molecule is C=CCCCCO.N[C@@H](CCCC(F)(F)F)C(=O)O. The van der Waals surface area contributed by atoms with Crippen LogP contribution in [0.25, 0.3) is 0 Å². The Morgan fingerprint density at radius 2 is 1.89 bits per heavy atom. The summed E-state index contributed by atoms with van der Waals surface area (Å²) in [6.45, 7) is 3.86. The summed E-state index contributed by atoms with van der Waals surface area (Å²) in [5, 5.41) is 16.5. The van der Waals surface area contributed by atoms with Gasteiger partial charge in [-0.05, 0) is 32.1 Å². The number of nitrogens with two attached hydrogens (primary N) is 1. The van der Waals surface area contributed by atoms with Crippen LogP contribution in [0, 0.1) is 0 Å². The minimum Gasteiger partial charge on any atom is -0.480 e. The highest BCUT2D eigenvalue weighted by atomic mass is 19.4. The van der Waals surface area contributed by atoms with Gasteiger partial charge in [-0.2, -0.15) is 13.2 Å². The summed E-state index contributed by atoms with van der Waals surface area (Å²) < 4.78 is 34.6. The number of hydrogen-bond donors (Lipinski definition) is 3. The molecule has 0 aliphatic heterocycles. The molecule has 0 aromatic rings. The van der Waals surface area contributed by atoms with Crippen molar-refractivity contribution in [3.8, 4) is 0 Å². The first-order valence-corrected chi connectivity index (χ1v) is 6.01. The Hall–Kier alpha value is -1.08. The summed E-state index contributed by atoms with van der Waals surface area (Å²) in [4.78, 5) is 10.0. The fraction of sp³-hybridized carbons (Fsp3) is 0.750. The van der Waals surface area contributed by atoms with E-state index in [4.69, 9.17) is 15.9 Å². The molecule has 0 bridgehead atoms. The molecule has 0 aliphatic carbocycles. The number of halogens is 3. The molecule has 0 saturated carbocycles. The number of aliphatic hydroxyl groups excluding tert-OH is 1. The quantitative estimate of drug-likeness (QED) is 0.472. The number of alkyl halides is 3. The maximum atomic E-state index is 11.5. The molecule has 1 atom stereocenters. The first kappa shape index (κ1) is 20.2. The van der Waals surface area contributed by atoms with Crippen molar-refractivity contribution >= 4 is 5.97 Å². The molecule has 19 heavy (non-hydrogen) atoms. The predicted molar refractivity (Wildman–Crippen MR) is 66.7 cm³/mol. The monoisotopic (exact) mass is 285 g/mol. The predicted octanol–water partition coefficient (Wildman–Crippen LogP) is 2.47. The summed E-state index contributed by atoms with van der Waals surface area (Å²) in [5.74, 6) is -1.27. The lowest BCUT2D eigenvalue weighted by Crippen LogP contribution is -2.30. The lowest BCUT2D eigenvalue weighted by molar-refractivity contribution is -0.142. The van der Waals surface area contributed by atoms with Crippen LogP contribution in [0.2, 0.25) is 0 Å². The van der Waals surface area contributed by atoms with E-state index in [1.165, 1.54) is 0 Å². The van der Waals surface area contributed by atoms with Gasteiger partial charge in [0.05, 0.1) is 0 Å². The average Bonchev–Trinajstić information content (AvgIpc) is 2.28. The van der Waals surface area contributed by atoms with Gasteiger partial charge in [0, 0.05) is 13.0 Å². The third-order valence-electron chi connectivity index (χ3n) is 2.11. The number of carboxylic acid groups (broad SMARTS) is 1. The Labute approximate surface area is 111 Å². The Balaban J connectivity index is 0. The fourth-order valence-corrected chi connectivity index (χ4v) is 1.05. The molecule has 0 aromatic heterocycles. The van der Waals surface area contributed by atoms with Crippen molar-refractivity contribution in [3.05, 3.63) is 12.7 Å². The first-order chi connectivity index (χ1) is 8.74. The fourth-order valence-electron chi connectivity index (χ4n) is 1.05. The van der Waals surface area contributed by atoms with Crippen molar-refractivity contribution in [2.45, 2.75) is 50.7 Å². The Morgan fingerprint density at radius 3 is 2.26 bits per heavy atom. The first-order valence-electron chi connectivity index (χ1n) is 6.01. The van der Waals surface area contributed by atoms with Crippen molar-refractivity contribution in [3.63, 3.8) is 0 Å². The summed E-state index contributed by atoms with van der Waals surface area (Å²) in [5.41, 5.74) is 4.98. The van der Waals surface area contributed by atoms with E-state index in [0.29, 0.717) is 6.61 Å². The van der Waals surface area contributed by atoms with Crippen LogP contribution < -0.4 is 5.73 Å². The second-order valence-electron chi connectivity index (χ2n) is 3.96. The van der Waals surface area contributed by atoms with E-state index in [2.05, 4.69) is 6.58 Å². The third kappa shape index (κ3) is 19.4. The molecule has 0 spiro atoms. The van der Waals surface area contributed by atoms with Gasteiger partial charge in [0.1, 0.15) is 6.04 Å². The van der Waals surface area contributed by atoms with Gasteiger partial charge < -0.3 is 15.9 Å². The standard InChI is InChI=1S/C6H10F3NO2.C6H12O/c7-6(8,9)3-1-2-4(10)5(11)12;1-2-3-4-5-6-7/h4H,1-3,10H2,(H,11,12);2,7H,1,3-6H2/t4-;/m0./s1. The molecular formula is C12H22F3NO3. The van der Waals surface area contributed by atoms with Crippen LogP contribution in [0.1, 0.15) is 38.5 Å². The van der Waals surface area contributed by atoms with Gasteiger partial charge in [0.15, 0.2) is 0 Å². The molecule has 0 saturated heterocycles. The Bertz CT molecular complexity index is 245. The van der Waals surface area contributed by atoms with Gasteiger partial charge in [-0.15, -0.1) is 6.58 Å². The highest BCUT2D eigenvalue weighted by molar-refractivity contribution is 5.72. The maximum Gasteiger partial charge on any atom is 0.389 e. The van der Waals surface area contributed by atoms with Crippen molar-refractivity contribution in [2.75, 3.05) is 6.61 Å². The number of rotatable bonds is 8. The zero-order valence-electron chi connectivity index (χ0n) is 10.8. The smallest absolute Gasteiger partial charge is 0.389 e. The molecule has 0 unspecified atom stereocenters. The number of carboxylic acids is 1. The summed E-state index contributed by atoms with van der Waals surface area (Å²) in [7, 11) is 0. The number of allylic oxidation sites excluding steroid dienone is 1. The number of unbranched alkanes of at least 4 members (excludes halogenated alkanes) is 2. The lowest BCUT2D eigenvalue weighted by Gasteiger charge is -2.07. The molecule has 0 fully saturated rings. The second-order valence-corrected chi connectivity index (χ2v) is 3.96. The molecular weight excluding hydrogens is 263 g/mol. The van der Waals surface area contributed by atoms with E-state index in [9.17, 15) is 18.0 Å². The van der Waals surface area contributed by atoms with E-state index >= 15 is 0 Å². The number of aliphatic hydroxyl groups is 1. The summed E-state index contributed by atoms with van der Waals surface area (Å²) in [6, 6.07) is -1.19. The zero-order chi connectivity index (χ0) is 15.3. The van der Waals surface area contributed by atoms with E-state index in [1.54, 1.807) is 0 Å². The minimum atomic E-state index is -4.22. The molecule has 4 nitrogen and oxygen atoms in total. The third-order valence-corrected chi connectivity index (χ3v) is 2.11. The normalized spacial score (nSPS) is 12.3. The van der Waals surface area contributed by atoms with E-state index < -0.39 is 24.6 Å². The van der Waals surface area contributed by atoms with Gasteiger partial charge in [0.25, 0.3) is 0 Å². The zero-order valence-corrected chi connectivity index (χ0v) is 10.8. The van der Waals surface area contributed by atoms with Gasteiger partial charge in [-0.1, -0.05) is 6.08 Å². The molecule has 0 rings (SSSR count). The molecule has 0 radical (unpaired) electrons. The summed E-state index contributed by atoms with van der Waals surface area (Å²) in [6.07, 6.45) is -0.708. The molecule has 0 aliphatic rings. The molecule has 0 aromatic carbocycles. The molecule has 4 N–H and O–H groups in total. The van der Waals surface area contributed by atoms with Crippen molar-refractivity contribution in [1.82, 2.24) is 0 Å². The van der Waals surface area contributed by atoms with Gasteiger partial charge in [-0.25, -0.2) is 0 Å². The summed E-state index contributed by atoms with van der Waals surface area (Å²) >= 11 is 0. The maximum absolute atomic E-state index is 11.5. The van der Waals surface area contributed by atoms with Gasteiger partial charge in [0.2, 0.25) is 0 Å². The van der Waals surface area contributed by atoms with Crippen molar-refractivity contribution in [1.29, 1.82) is 0 Å². The van der Waals surface area contributed by atoms with Crippen LogP contribution in [0.5, 0.6) is 0 Å². The van der Waals surface area contributed by atoms with Crippen LogP contribution in [0.4, 0.5) is 13.2 Å². The topological polar surface area (TPSA) is 83.5 Å². The van der Waals surface area contributed by atoms with Crippen LogP contribution in [0.15, 0.2) is 12.7 Å². The molecule has 7 heteroatoms. The highest BCUT2D eigenvalue weighted by Gasteiger charge is 2.26. The minimum absolute atomic E-state index is 0.144. The van der Waals surface area contributed by atoms with Gasteiger partial charge in [-0.3, -0.25) is 4.79 Å². The molecule has 114 valence electrons. The second kappa shape index (κ2) is 12.0. The highest BCUT2D eigenvalue weighted by Crippen LogP contribution is 2.22. The Morgan fingerprint density at radius 1 is 1.32 bits per heavy atom. The van der Waals surface area contributed by atoms with Crippen molar-refractivity contribution in [2.24, 2.45) is 5.73 Å². The van der Waals surface area contributed by atoms with E-state index in [1.807, 2.05) is 6.08 Å². The van der Waals surface area contributed by atoms with Crippen LogP contribution in [-0.2, 0) is 4.79 Å². The van der Waals surface area contributed by atoms with E-state index in [0.717, 1.165) is 19.3 Å². The largest absolute Gasteiger partial charge is 0.480 e. The molecule has 0 amide bonds. The van der Waals surface area contributed by atoms with Gasteiger partial charge >= 0.3 is 12.1 Å². The van der Waals surface area contributed by atoms with Crippen LogP contribution in [-0.4, -0.2) is 35.0 Å². The van der Waals surface area contributed by atoms with Crippen LogP contribution in [0.3, 0.4) is 0 Å². The number of hydrogen-bond acceptors (Lipinski definition) is 3. The van der Waals surface area contributed by atoms with E-state index in [-0.39, 0.29) is 12.8 Å². The number of carbonyl (C=O) groups is 1. The Kier molecular flexibility index (Phi) is 12.8. The number of aliphatic carboxylic acids is 1. The lowest BCUT2D eigenvalue weighted by atomic mass is 10.1. The average molecular weight is 285 g/mol. The van der Waals surface area contributed by atoms with Crippen molar-refractivity contribution < 1.29 is 28.2 Å². The molecule has 0 heterocycles.